The molecule has 0 spiro atoms. The molecular formula is C15H24N2O3. The van der Waals surface area contributed by atoms with Crippen molar-refractivity contribution in [2.45, 2.75) is 26.4 Å². The lowest BCUT2D eigenvalue weighted by molar-refractivity contribution is 0.0908. The van der Waals surface area contributed by atoms with Crippen LogP contribution in [0.1, 0.15) is 36.1 Å². The predicted octanol–water partition coefficient (Wildman–Crippen LogP) is 1.89. The fraction of sp³-hybridized carbons (Fsp3) is 0.667. The Labute approximate surface area is 120 Å². The maximum Gasteiger partial charge on any atom is 0.287 e. The third kappa shape index (κ3) is 4.35. The second-order valence-corrected chi connectivity index (χ2v) is 5.48. The molecule has 20 heavy (non-hydrogen) atoms. The van der Waals surface area contributed by atoms with E-state index in [1.165, 1.54) is 12.8 Å². The van der Waals surface area contributed by atoms with E-state index in [0.717, 1.165) is 25.6 Å². The molecule has 0 unspecified atom stereocenters. The van der Waals surface area contributed by atoms with Gasteiger partial charge in [-0.1, -0.05) is 6.92 Å². The molecule has 1 aliphatic heterocycles. The Morgan fingerprint density at radius 3 is 2.90 bits per heavy atom. The van der Waals surface area contributed by atoms with E-state index in [-0.39, 0.29) is 5.91 Å². The molecule has 2 heterocycles. The third-order valence-corrected chi connectivity index (χ3v) is 3.76. The summed E-state index contributed by atoms with van der Waals surface area (Å²) in [5.41, 5.74) is 0. The summed E-state index contributed by atoms with van der Waals surface area (Å²) in [5, 5.41) is 2.90. The summed E-state index contributed by atoms with van der Waals surface area (Å²) in [7, 11) is 1.60. The zero-order chi connectivity index (χ0) is 14.4. The van der Waals surface area contributed by atoms with Crippen molar-refractivity contribution < 1.29 is 13.9 Å². The SMILES string of the molecule is COCc1ccc(C(=O)NCCN2CCC(C)CC2)o1. The van der Waals surface area contributed by atoms with Gasteiger partial charge in [0.15, 0.2) is 5.76 Å². The molecule has 0 aromatic carbocycles. The van der Waals surface area contributed by atoms with Gasteiger partial charge in [0.1, 0.15) is 12.4 Å². The van der Waals surface area contributed by atoms with Gasteiger partial charge in [0, 0.05) is 20.2 Å². The number of nitrogens with one attached hydrogen (secondary N) is 1. The molecular weight excluding hydrogens is 256 g/mol. The maximum absolute atomic E-state index is 11.9. The van der Waals surface area contributed by atoms with Gasteiger partial charge < -0.3 is 19.4 Å². The lowest BCUT2D eigenvalue weighted by Crippen LogP contribution is -2.39. The molecule has 1 N–H and O–H groups in total. The fourth-order valence-corrected chi connectivity index (χ4v) is 2.42. The smallest absolute Gasteiger partial charge is 0.287 e. The highest BCUT2D eigenvalue weighted by Gasteiger charge is 2.16. The third-order valence-electron chi connectivity index (χ3n) is 3.76. The number of amides is 1. The number of furan rings is 1. The molecule has 1 aliphatic rings. The van der Waals surface area contributed by atoms with Crippen LogP contribution >= 0.6 is 0 Å². The minimum Gasteiger partial charge on any atom is -0.453 e. The molecule has 0 radical (unpaired) electrons. The zero-order valence-corrected chi connectivity index (χ0v) is 12.4. The summed E-state index contributed by atoms with van der Waals surface area (Å²) in [5.74, 6) is 1.70. The Bertz CT molecular complexity index is 423. The summed E-state index contributed by atoms with van der Waals surface area (Å²) in [6.45, 7) is 6.52. The van der Waals surface area contributed by atoms with Crippen molar-refractivity contribution in [3.8, 4) is 0 Å². The molecule has 1 fully saturated rings. The normalized spacial score (nSPS) is 17.3. The second kappa shape index (κ2) is 7.45. The van der Waals surface area contributed by atoms with Gasteiger partial charge >= 0.3 is 0 Å². The average molecular weight is 280 g/mol. The molecule has 5 heteroatoms. The summed E-state index contributed by atoms with van der Waals surface area (Å²) in [4.78, 5) is 14.3. The molecule has 2 rings (SSSR count). The molecule has 112 valence electrons. The Kier molecular flexibility index (Phi) is 5.61. The Hall–Kier alpha value is -1.33. The quantitative estimate of drug-likeness (QED) is 0.864. The van der Waals surface area contributed by atoms with Crippen LogP contribution in [0.25, 0.3) is 0 Å². The number of likely N-dealkylation sites (tertiary alicyclic amines) is 1. The molecule has 0 bridgehead atoms. The van der Waals surface area contributed by atoms with Gasteiger partial charge in [-0.25, -0.2) is 0 Å². The lowest BCUT2D eigenvalue weighted by atomic mass is 9.99. The highest BCUT2D eigenvalue weighted by atomic mass is 16.5. The molecule has 1 amide bonds. The number of carbonyl (C=O) groups is 1. The lowest BCUT2D eigenvalue weighted by Gasteiger charge is -2.30. The standard InChI is InChI=1S/C15H24N2O3/c1-12-5-8-17(9-6-12)10-7-16-15(18)14-4-3-13(20-14)11-19-2/h3-4,12H,5-11H2,1-2H3,(H,16,18). The van der Waals surface area contributed by atoms with E-state index in [0.29, 0.717) is 24.7 Å². The van der Waals surface area contributed by atoms with Crippen molar-refractivity contribution in [1.82, 2.24) is 10.2 Å². The van der Waals surface area contributed by atoms with E-state index in [4.69, 9.17) is 9.15 Å². The number of nitrogens with zero attached hydrogens (tertiary/aromatic N) is 1. The van der Waals surface area contributed by atoms with Crippen molar-refractivity contribution in [2.24, 2.45) is 5.92 Å². The largest absolute Gasteiger partial charge is 0.453 e. The number of rotatable bonds is 6. The minimum absolute atomic E-state index is 0.155. The van der Waals surface area contributed by atoms with E-state index >= 15 is 0 Å². The molecule has 0 atom stereocenters. The number of hydrogen-bond donors (Lipinski definition) is 1. The summed E-state index contributed by atoms with van der Waals surface area (Å²) >= 11 is 0. The molecule has 1 aromatic heterocycles. The highest BCUT2D eigenvalue weighted by molar-refractivity contribution is 5.91. The van der Waals surface area contributed by atoms with Crippen LogP contribution < -0.4 is 5.32 Å². The van der Waals surface area contributed by atoms with Gasteiger partial charge in [0.25, 0.3) is 5.91 Å². The average Bonchev–Trinajstić information content (AvgIpc) is 2.90. The first-order chi connectivity index (χ1) is 9.69. The van der Waals surface area contributed by atoms with Crippen LogP contribution in [0.15, 0.2) is 16.5 Å². The van der Waals surface area contributed by atoms with E-state index in [1.54, 1.807) is 19.2 Å². The van der Waals surface area contributed by atoms with Crippen molar-refractivity contribution in [1.29, 1.82) is 0 Å². The predicted molar refractivity (Wildman–Crippen MR) is 76.6 cm³/mol. The monoisotopic (exact) mass is 280 g/mol. The Balaban J connectivity index is 1.69. The van der Waals surface area contributed by atoms with Gasteiger partial charge in [-0.3, -0.25) is 4.79 Å². The first-order valence-corrected chi connectivity index (χ1v) is 7.27. The van der Waals surface area contributed by atoms with Gasteiger partial charge in [-0.2, -0.15) is 0 Å². The first kappa shape index (κ1) is 15.1. The van der Waals surface area contributed by atoms with Crippen molar-refractivity contribution in [3.63, 3.8) is 0 Å². The summed E-state index contributed by atoms with van der Waals surface area (Å²) < 4.78 is 10.3. The van der Waals surface area contributed by atoms with Crippen molar-refractivity contribution >= 4 is 5.91 Å². The van der Waals surface area contributed by atoms with Crippen LogP contribution in [0.5, 0.6) is 0 Å². The molecule has 1 saturated heterocycles. The molecule has 5 nitrogen and oxygen atoms in total. The highest BCUT2D eigenvalue weighted by Crippen LogP contribution is 2.15. The van der Waals surface area contributed by atoms with Gasteiger partial charge in [-0.05, 0) is 44.0 Å². The van der Waals surface area contributed by atoms with Gasteiger partial charge in [0.05, 0.1) is 0 Å². The van der Waals surface area contributed by atoms with Crippen LogP contribution in [0.2, 0.25) is 0 Å². The van der Waals surface area contributed by atoms with E-state index in [1.807, 2.05) is 0 Å². The van der Waals surface area contributed by atoms with Crippen LogP contribution in [0, 0.1) is 5.92 Å². The minimum atomic E-state index is -0.155. The van der Waals surface area contributed by atoms with Crippen LogP contribution in [0.4, 0.5) is 0 Å². The number of methoxy groups -OCH3 is 1. The van der Waals surface area contributed by atoms with Gasteiger partial charge in [-0.15, -0.1) is 0 Å². The topological polar surface area (TPSA) is 54.7 Å². The second-order valence-electron chi connectivity index (χ2n) is 5.48. The maximum atomic E-state index is 11.9. The summed E-state index contributed by atoms with van der Waals surface area (Å²) in [6.07, 6.45) is 2.51. The number of hydrogen-bond acceptors (Lipinski definition) is 4. The van der Waals surface area contributed by atoms with Gasteiger partial charge in [0.2, 0.25) is 0 Å². The van der Waals surface area contributed by atoms with Crippen LogP contribution in [0.3, 0.4) is 0 Å². The van der Waals surface area contributed by atoms with Crippen molar-refractivity contribution in [2.75, 3.05) is 33.3 Å². The summed E-state index contributed by atoms with van der Waals surface area (Å²) in [6, 6.07) is 3.46. The molecule has 0 aliphatic carbocycles. The number of carbonyl (C=O) groups excluding carboxylic acids is 1. The van der Waals surface area contributed by atoms with E-state index in [2.05, 4.69) is 17.1 Å². The van der Waals surface area contributed by atoms with Crippen LogP contribution in [-0.4, -0.2) is 44.1 Å². The van der Waals surface area contributed by atoms with Crippen molar-refractivity contribution in [3.05, 3.63) is 23.7 Å². The number of piperidine rings is 1. The van der Waals surface area contributed by atoms with Crippen LogP contribution in [-0.2, 0) is 11.3 Å². The molecule has 0 saturated carbocycles. The first-order valence-electron chi connectivity index (χ1n) is 7.27. The zero-order valence-electron chi connectivity index (χ0n) is 12.4. The fourth-order valence-electron chi connectivity index (χ4n) is 2.42. The number of ether oxygens (including phenoxy) is 1. The Morgan fingerprint density at radius 2 is 2.20 bits per heavy atom. The van der Waals surface area contributed by atoms with E-state index < -0.39 is 0 Å². The van der Waals surface area contributed by atoms with E-state index in [9.17, 15) is 4.79 Å². The Morgan fingerprint density at radius 1 is 1.45 bits per heavy atom. The molecule has 1 aromatic rings.